The zero-order valence-electron chi connectivity index (χ0n) is 10.9. The minimum atomic E-state index is 0.0683. The second-order valence-corrected chi connectivity index (χ2v) is 5.40. The Morgan fingerprint density at radius 1 is 1.35 bits per heavy atom. The molecule has 1 saturated carbocycles. The van der Waals surface area contributed by atoms with Crippen LogP contribution in [0.3, 0.4) is 0 Å². The highest BCUT2D eigenvalue weighted by molar-refractivity contribution is 6.30. The van der Waals surface area contributed by atoms with Crippen molar-refractivity contribution in [1.29, 1.82) is 0 Å². The third kappa shape index (κ3) is 3.39. The number of oxazole rings is 1. The predicted octanol–water partition coefficient (Wildman–Crippen LogP) is 3.21. The Hall–Kier alpha value is -1.81. The molecule has 1 amide bonds. The number of halogens is 1. The van der Waals surface area contributed by atoms with Gasteiger partial charge >= 0.3 is 0 Å². The number of hydrogen-bond donors (Lipinski definition) is 1. The Morgan fingerprint density at radius 3 is 2.80 bits per heavy atom. The van der Waals surface area contributed by atoms with Crippen molar-refractivity contribution in [3.8, 4) is 11.3 Å². The van der Waals surface area contributed by atoms with Crippen LogP contribution in [0, 0.1) is 0 Å². The third-order valence-corrected chi connectivity index (χ3v) is 3.44. The summed E-state index contributed by atoms with van der Waals surface area (Å²) < 4.78 is 5.65. The molecule has 1 aromatic carbocycles. The first kappa shape index (κ1) is 13.2. The van der Waals surface area contributed by atoms with Gasteiger partial charge in [0.15, 0.2) is 11.7 Å². The van der Waals surface area contributed by atoms with E-state index < -0.39 is 0 Å². The van der Waals surface area contributed by atoms with Crippen LogP contribution in [0.1, 0.15) is 25.2 Å². The summed E-state index contributed by atoms with van der Waals surface area (Å²) in [6.07, 6.45) is 4.82. The van der Waals surface area contributed by atoms with Crippen LogP contribution in [-0.2, 0) is 11.2 Å². The highest BCUT2D eigenvalue weighted by Gasteiger charge is 2.23. The van der Waals surface area contributed by atoms with Gasteiger partial charge in [-0.05, 0) is 37.1 Å². The second-order valence-electron chi connectivity index (χ2n) is 4.97. The first-order valence-corrected chi connectivity index (χ1v) is 7.08. The first-order chi connectivity index (χ1) is 9.70. The van der Waals surface area contributed by atoms with Crippen molar-refractivity contribution in [3.63, 3.8) is 0 Å². The molecule has 1 aliphatic carbocycles. The Balaban J connectivity index is 1.58. The summed E-state index contributed by atoms with van der Waals surface area (Å²) >= 11 is 5.84. The average Bonchev–Trinajstić information content (AvgIpc) is 3.12. The van der Waals surface area contributed by atoms with Crippen LogP contribution in [0.15, 0.2) is 34.9 Å². The highest BCUT2D eigenvalue weighted by atomic mass is 35.5. The van der Waals surface area contributed by atoms with Gasteiger partial charge in [-0.25, -0.2) is 4.98 Å². The average molecular weight is 291 g/mol. The molecule has 0 bridgehead atoms. The van der Waals surface area contributed by atoms with Crippen molar-refractivity contribution >= 4 is 17.5 Å². The van der Waals surface area contributed by atoms with Gasteiger partial charge in [-0.15, -0.1) is 0 Å². The van der Waals surface area contributed by atoms with Crippen molar-refractivity contribution < 1.29 is 9.21 Å². The molecule has 0 saturated heterocycles. The maximum atomic E-state index is 11.6. The van der Waals surface area contributed by atoms with Gasteiger partial charge in [0.1, 0.15) is 0 Å². The number of nitrogens with zero attached hydrogens (tertiary/aromatic N) is 1. The number of amides is 1. The third-order valence-electron chi connectivity index (χ3n) is 3.19. The normalized spacial score (nSPS) is 14.2. The second kappa shape index (κ2) is 5.67. The molecule has 0 unspecified atom stereocenters. The smallest absolute Gasteiger partial charge is 0.220 e. The van der Waals surface area contributed by atoms with Crippen LogP contribution < -0.4 is 5.32 Å². The maximum Gasteiger partial charge on any atom is 0.220 e. The standard InChI is InChI=1S/C15H15ClN2O2/c16-11-3-1-10(2-4-11)13-9-17-15(20-13)8-7-14(19)18-12-5-6-12/h1-4,9,12H,5-8H2,(H,18,19). The molecule has 20 heavy (non-hydrogen) atoms. The van der Waals surface area contributed by atoms with Crippen LogP contribution in [0.25, 0.3) is 11.3 Å². The molecular formula is C15H15ClN2O2. The molecule has 3 rings (SSSR count). The Kier molecular flexibility index (Phi) is 3.74. The van der Waals surface area contributed by atoms with Gasteiger partial charge in [0.25, 0.3) is 0 Å². The zero-order chi connectivity index (χ0) is 13.9. The van der Waals surface area contributed by atoms with Crippen molar-refractivity contribution in [1.82, 2.24) is 10.3 Å². The van der Waals surface area contributed by atoms with E-state index in [1.807, 2.05) is 24.3 Å². The van der Waals surface area contributed by atoms with Gasteiger partial charge in [0.05, 0.1) is 6.20 Å². The number of aromatic nitrogens is 1. The molecule has 0 aliphatic heterocycles. The van der Waals surface area contributed by atoms with E-state index in [0.717, 1.165) is 18.4 Å². The Bertz CT molecular complexity index is 603. The van der Waals surface area contributed by atoms with Crippen LogP contribution in [-0.4, -0.2) is 16.9 Å². The van der Waals surface area contributed by atoms with Crippen molar-refractivity contribution in [2.75, 3.05) is 0 Å². The lowest BCUT2D eigenvalue weighted by molar-refractivity contribution is -0.121. The quantitative estimate of drug-likeness (QED) is 0.920. The Labute approximate surface area is 122 Å². The van der Waals surface area contributed by atoms with Crippen LogP contribution in [0.2, 0.25) is 5.02 Å². The number of aryl methyl sites for hydroxylation is 1. The largest absolute Gasteiger partial charge is 0.441 e. The van der Waals surface area contributed by atoms with Gasteiger partial charge in [-0.3, -0.25) is 4.79 Å². The van der Waals surface area contributed by atoms with Crippen molar-refractivity contribution in [2.45, 2.75) is 31.7 Å². The van der Waals surface area contributed by atoms with E-state index in [1.165, 1.54) is 0 Å². The monoisotopic (exact) mass is 290 g/mol. The minimum absolute atomic E-state index is 0.0683. The summed E-state index contributed by atoms with van der Waals surface area (Å²) in [5.74, 6) is 1.35. The summed E-state index contributed by atoms with van der Waals surface area (Å²) in [4.78, 5) is 15.8. The molecule has 0 atom stereocenters. The fourth-order valence-electron chi connectivity index (χ4n) is 1.92. The van der Waals surface area contributed by atoms with E-state index in [-0.39, 0.29) is 5.91 Å². The lowest BCUT2D eigenvalue weighted by atomic mass is 10.2. The summed E-state index contributed by atoms with van der Waals surface area (Å²) in [5.41, 5.74) is 0.926. The molecule has 0 radical (unpaired) electrons. The summed E-state index contributed by atoms with van der Waals surface area (Å²) in [6, 6.07) is 7.78. The fourth-order valence-corrected chi connectivity index (χ4v) is 2.05. The number of hydrogen-bond acceptors (Lipinski definition) is 3. The SMILES string of the molecule is O=C(CCc1ncc(-c2ccc(Cl)cc2)o1)NC1CC1. The van der Waals surface area contributed by atoms with Crippen molar-refractivity contribution in [2.24, 2.45) is 0 Å². The predicted molar refractivity (Wildman–Crippen MR) is 76.4 cm³/mol. The van der Waals surface area contributed by atoms with Gasteiger partial charge in [0, 0.05) is 29.5 Å². The summed E-state index contributed by atoms with van der Waals surface area (Å²) in [5, 5.41) is 3.63. The van der Waals surface area contributed by atoms with Gasteiger partial charge < -0.3 is 9.73 Å². The van der Waals surface area contributed by atoms with E-state index in [0.29, 0.717) is 35.6 Å². The Morgan fingerprint density at radius 2 is 2.10 bits per heavy atom. The molecule has 4 nitrogen and oxygen atoms in total. The van der Waals surface area contributed by atoms with E-state index in [1.54, 1.807) is 6.20 Å². The lowest BCUT2D eigenvalue weighted by Crippen LogP contribution is -2.25. The fraction of sp³-hybridized carbons (Fsp3) is 0.333. The minimum Gasteiger partial charge on any atom is -0.441 e. The van der Waals surface area contributed by atoms with Crippen LogP contribution in [0.5, 0.6) is 0 Å². The molecule has 1 fully saturated rings. The van der Waals surface area contributed by atoms with Gasteiger partial charge in [0.2, 0.25) is 5.91 Å². The zero-order valence-corrected chi connectivity index (χ0v) is 11.7. The molecule has 1 heterocycles. The van der Waals surface area contributed by atoms with E-state index in [2.05, 4.69) is 10.3 Å². The van der Waals surface area contributed by atoms with Gasteiger partial charge in [-0.2, -0.15) is 0 Å². The number of rotatable bonds is 5. The summed E-state index contributed by atoms with van der Waals surface area (Å²) in [6.45, 7) is 0. The molecule has 1 N–H and O–H groups in total. The molecule has 5 heteroatoms. The van der Waals surface area contributed by atoms with Crippen LogP contribution in [0.4, 0.5) is 0 Å². The molecule has 0 spiro atoms. The number of carbonyl (C=O) groups excluding carboxylic acids is 1. The molecule has 1 aliphatic rings. The van der Waals surface area contributed by atoms with Crippen LogP contribution >= 0.6 is 11.6 Å². The molecular weight excluding hydrogens is 276 g/mol. The molecule has 2 aromatic rings. The van der Waals surface area contributed by atoms with E-state index in [9.17, 15) is 4.79 Å². The van der Waals surface area contributed by atoms with E-state index in [4.69, 9.17) is 16.0 Å². The lowest BCUT2D eigenvalue weighted by Gasteiger charge is -2.00. The number of benzene rings is 1. The number of carbonyl (C=O) groups is 1. The molecule has 104 valence electrons. The maximum absolute atomic E-state index is 11.6. The topological polar surface area (TPSA) is 55.1 Å². The first-order valence-electron chi connectivity index (χ1n) is 6.71. The highest BCUT2D eigenvalue weighted by Crippen LogP contribution is 2.23. The van der Waals surface area contributed by atoms with Gasteiger partial charge in [-0.1, -0.05) is 11.6 Å². The van der Waals surface area contributed by atoms with Crippen molar-refractivity contribution in [3.05, 3.63) is 41.4 Å². The number of nitrogens with one attached hydrogen (secondary N) is 1. The van der Waals surface area contributed by atoms with E-state index >= 15 is 0 Å². The summed E-state index contributed by atoms with van der Waals surface area (Å²) in [7, 11) is 0. The molecule has 1 aromatic heterocycles.